The van der Waals surface area contributed by atoms with Gasteiger partial charge in [0.1, 0.15) is 0 Å². The molecule has 7 heteroatoms. The number of hydrogen-bond donors (Lipinski definition) is 2. The molecule has 0 bridgehead atoms. The van der Waals surface area contributed by atoms with Gasteiger partial charge in [-0.2, -0.15) is 0 Å². The normalized spacial score (nSPS) is 38.6. The molecule has 2 N–H and O–H groups in total. The van der Waals surface area contributed by atoms with E-state index < -0.39 is 5.97 Å². The quantitative estimate of drug-likeness (QED) is 0.194. The van der Waals surface area contributed by atoms with Crippen LogP contribution in [0.3, 0.4) is 0 Å². The fourth-order valence-electron chi connectivity index (χ4n) is 14.6. The highest BCUT2D eigenvalue weighted by Crippen LogP contribution is 2.77. The van der Waals surface area contributed by atoms with Crippen LogP contribution in [0.15, 0.2) is 42.5 Å². The lowest BCUT2D eigenvalue weighted by molar-refractivity contribution is -0.225. The fourth-order valence-corrected chi connectivity index (χ4v) is 14.6. The predicted molar refractivity (Wildman–Crippen MR) is 215 cm³/mol. The smallest absolute Gasteiger partial charge is 0.335 e. The van der Waals surface area contributed by atoms with E-state index in [0.29, 0.717) is 74.2 Å². The topological polar surface area (TPSA) is 95.9 Å². The van der Waals surface area contributed by atoms with E-state index in [1.54, 1.807) is 12.1 Å². The second-order valence-corrected chi connectivity index (χ2v) is 20.0. The Kier molecular flexibility index (Phi) is 10.4. The molecule has 1 saturated heterocycles. The van der Waals surface area contributed by atoms with Crippen LogP contribution in [0.5, 0.6) is 0 Å². The van der Waals surface area contributed by atoms with Crippen molar-refractivity contribution in [2.75, 3.05) is 32.8 Å². The number of aromatic carboxylic acids is 1. The van der Waals surface area contributed by atoms with Gasteiger partial charge in [-0.1, -0.05) is 65.0 Å². The summed E-state index contributed by atoms with van der Waals surface area (Å²) in [7, 11) is 0. The molecule has 7 rings (SSSR count). The Hall–Kier alpha value is -2.93. The molecule has 0 unspecified atom stereocenters. The van der Waals surface area contributed by atoms with Crippen LogP contribution in [0, 0.1) is 62.6 Å². The van der Waals surface area contributed by atoms with Gasteiger partial charge in [0.25, 0.3) is 0 Å². The number of carboxylic acids is 1. The molecule has 1 aromatic rings. The number of amides is 1. The lowest BCUT2D eigenvalue weighted by Crippen LogP contribution is -2.66. The number of carboxylic acid groups (broad SMARTS) is 1. The zero-order valence-electron chi connectivity index (χ0n) is 34.4. The van der Waals surface area contributed by atoms with Crippen LogP contribution in [0.25, 0.3) is 5.57 Å². The van der Waals surface area contributed by atoms with Crippen molar-refractivity contribution in [1.82, 2.24) is 10.2 Å². The highest BCUT2D eigenvalue weighted by molar-refractivity contribution is 5.88. The molecule has 54 heavy (non-hydrogen) atoms. The Morgan fingerprint density at radius 2 is 1.59 bits per heavy atom. The first-order valence-electron chi connectivity index (χ1n) is 21.4. The van der Waals surface area contributed by atoms with Crippen molar-refractivity contribution in [3.8, 4) is 0 Å². The van der Waals surface area contributed by atoms with E-state index in [1.807, 2.05) is 24.0 Å². The van der Waals surface area contributed by atoms with Gasteiger partial charge in [-0.3, -0.25) is 9.59 Å². The average Bonchev–Trinajstić information content (AvgIpc) is 3.52. The number of carbonyl (C=O) groups is 3. The summed E-state index contributed by atoms with van der Waals surface area (Å²) in [5.41, 5.74) is 5.13. The van der Waals surface area contributed by atoms with Gasteiger partial charge in [0.05, 0.1) is 24.6 Å². The summed E-state index contributed by atoms with van der Waals surface area (Å²) in [4.78, 5) is 39.2. The van der Waals surface area contributed by atoms with Gasteiger partial charge < -0.3 is 20.1 Å². The Bertz CT molecular complexity index is 1670. The Morgan fingerprint density at radius 3 is 2.24 bits per heavy atom. The molecule has 0 radical (unpaired) electrons. The summed E-state index contributed by atoms with van der Waals surface area (Å²) in [6.45, 7) is 24.6. The summed E-state index contributed by atoms with van der Waals surface area (Å²) in [5, 5.41) is 13.2. The third-order valence-electron chi connectivity index (χ3n) is 17.5. The number of piperidine rings is 1. The number of allylic oxidation sites excluding steroid dienone is 3. The predicted octanol–water partition coefficient (Wildman–Crippen LogP) is 9.43. The number of hydrogen-bond acceptors (Lipinski definition) is 5. The van der Waals surface area contributed by atoms with Crippen molar-refractivity contribution in [2.45, 2.75) is 119 Å². The summed E-state index contributed by atoms with van der Waals surface area (Å²) < 4.78 is 5.24. The molecule has 5 fully saturated rings. The lowest BCUT2D eigenvalue weighted by atomic mass is 9.32. The second-order valence-electron chi connectivity index (χ2n) is 20.0. The van der Waals surface area contributed by atoms with Crippen molar-refractivity contribution < 1.29 is 24.2 Å². The maximum Gasteiger partial charge on any atom is 0.335 e. The van der Waals surface area contributed by atoms with Gasteiger partial charge in [0.15, 0.2) is 0 Å². The highest BCUT2D eigenvalue weighted by Gasteiger charge is 2.70. The van der Waals surface area contributed by atoms with E-state index in [1.165, 1.54) is 68.1 Å². The molecule has 1 aromatic carbocycles. The Morgan fingerprint density at radius 1 is 0.889 bits per heavy atom. The molecular formula is C47H68N2O5. The van der Waals surface area contributed by atoms with E-state index >= 15 is 0 Å². The van der Waals surface area contributed by atoms with Gasteiger partial charge >= 0.3 is 11.9 Å². The van der Waals surface area contributed by atoms with Gasteiger partial charge in [0, 0.05) is 19.6 Å². The zero-order valence-corrected chi connectivity index (χ0v) is 34.4. The van der Waals surface area contributed by atoms with E-state index in [9.17, 15) is 19.5 Å². The molecular weight excluding hydrogens is 673 g/mol. The Balaban J connectivity index is 1.08. The first-order chi connectivity index (χ1) is 25.5. The number of esters is 1. The van der Waals surface area contributed by atoms with E-state index in [0.717, 1.165) is 13.0 Å². The van der Waals surface area contributed by atoms with Crippen LogP contribution in [0.1, 0.15) is 135 Å². The third kappa shape index (κ3) is 6.12. The van der Waals surface area contributed by atoms with Crippen LogP contribution in [-0.4, -0.2) is 60.6 Å². The molecule has 9 atom stereocenters. The van der Waals surface area contributed by atoms with E-state index in [2.05, 4.69) is 59.5 Å². The molecule has 6 aliphatic rings. The number of carbonyl (C=O) groups excluding carboxylic acids is 2. The Labute approximate surface area is 325 Å². The summed E-state index contributed by atoms with van der Waals surface area (Å²) in [6, 6.07) is 7.57. The molecule has 1 amide bonds. The molecule has 296 valence electrons. The van der Waals surface area contributed by atoms with Crippen molar-refractivity contribution in [3.05, 3.63) is 53.6 Å². The molecule has 1 heterocycles. The van der Waals surface area contributed by atoms with Crippen molar-refractivity contribution in [2.24, 2.45) is 62.6 Å². The number of nitrogens with one attached hydrogen (secondary N) is 1. The molecule has 5 aliphatic carbocycles. The number of rotatable bonds is 9. The van der Waals surface area contributed by atoms with Gasteiger partial charge in [0.2, 0.25) is 5.91 Å². The largest absolute Gasteiger partial charge is 0.478 e. The minimum Gasteiger partial charge on any atom is -0.478 e. The van der Waals surface area contributed by atoms with Crippen molar-refractivity contribution in [3.63, 3.8) is 0 Å². The maximum atomic E-state index is 13.4. The number of nitrogens with zero attached hydrogens (tertiary/aromatic N) is 1. The lowest BCUT2D eigenvalue weighted by Gasteiger charge is -2.72. The standard InChI is InChI=1S/C47H68N2O5/c1-9-54-42(53)33-19-26-49(27-20-33)39(50)28-48-29-47-23-16-34(30(2)3)40(47)36-14-15-38-44(6)21-17-35(31-10-12-32(13-11-31)41(51)52)43(4,5)37(44)18-22-46(38,8)45(36,7)24-25-47/h10-13,17,33-34,36-38,40,48H,2,9,14-16,18-29H2,1,3-8H3,(H,51,52)/t34-,36+,37-,38+,40+,44-,45+,46+,47+/m0/s1. The van der Waals surface area contributed by atoms with Crippen LogP contribution >= 0.6 is 0 Å². The van der Waals surface area contributed by atoms with Crippen LogP contribution in [0.2, 0.25) is 0 Å². The molecule has 0 spiro atoms. The van der Waals surface area contributed by atoms with E-state index in [4.69, 9.17) is 4.74 Å². The summed E-state index contributed by atoms with van der Waals surface area (Å²) in [5.74, 6) is 2.06. The zero-order chi connectivity index (χ0) is 38.8. The first kappa shape index (κ1) is 39.3. The van der Waals surface area contributed by atoms with Crippen LogP contribution < -0.4 is 5.32 Å². The van der Waals surface area contributed by atoms with Gasteiger partial charge in [-0.15, -0.1) is 0 Å². The van der Waals surface area contributed by atoms with Gasteiger partial charge in [-0.25, -0.2) is 4.79 Å². The maximum absolute atomic E-state index is 13.4. The third-order valence-corrected chi connectivity index (χ3v) is 17.5. The van der Waals surface area contributed by atoms with Crippen LogP contribution in [-0.2, 0) is 14.3 Å². The minimum absolute atomic E-state index is 0.00501. The first-order valence-corrected chi connectivity index (χ1v) is 21.4. The minimum atomic E-state index is -0.874. The SMILES string of the molecule is C=C(C)[C@@H]1CC[C@]2(CNCC(=O)N3CCC(C(=O)OCC)CC3)CC[C@]3(C)[C@H](CC[C@@H]4[C@@]5(C)CC=C(c6ccc(C(=O)O)cc6)C(C)(C)[C@@H]5CC[C@]43C)[C@@H]12. The monoisotopic (exact) mass is 741 g/mol. The fraction of sp³-hybridized carbons (Fsp3) is 0.723. The highest BCUT2D eigenvalue weighted by atomic mass is 16.5. The number of ether oxygens (including phenoxy) is 1. The number of likely N-dealkylation sites (tertiary alicyclic amines) is 1. The summed E-state index contributed by atoms with van der Waals surface area (Å²) in [6.07, 6.45) is 14.9. The molecule has 7 nitrogen and oxygen atoms in total. The summed E-state index contributed by atoms with van der Waals surface area (Å²) >= 11 is 0. The number of benzene rings is 1. The second kappa shape index (κ2) is 14.2. The van der Waals surface area contributed by atoms with Crippen molar-refractivity contribution in [1.29, 1.82) is 0 Å². The molecule has 4 saturated carbocycles. The average molecular weight is 741 g/mol. The number of fused-ring (bicyclic) bond motifs is 7. The van der Waals surface area contributed by atoms with Gasteiger partial charge in [-0.05, 0) is 164 Å². The van der Waals surface area contributed by atoms with E-state index in [-0.39, 0.29) is 44.9 Å². The molecule has 0 aromatic heterocycles. The van der Waals surface area contributed by atoms with Crippen LogP contribution in [0.4, 0.5) is 0 Å². The van der Waals surface area contributed by atoms with Crippen molar-refractivity contribution >= 4 is 23.4 Å². The molecule has 1 aliphatic heterocycles.